The second-order valence-corrected chi connectivity index (χ2v) is 9.70. The Labute approximate surface area is 158 Å². The highest BCUT2D eigenvalue weighted by atomic mass is 79.9. The van der Waals surface area contributed by atoms with E-state index in [1.54, 1.807) is 11.3 Å². The Hall–Kier alpha value is -0.760. The number of aromatic nitrogens is 1. The van der Waals surface area contributed by atoms with E-state index in [1.165, 1.54) is 16.0 Å². The van der Waals surface area contributed by atoms with Crippen LogP contribution in [0.15, 0.2) is 38.6 Å². The normalized spacial score (nSPS) is 18.0. The third kappa shape index (κ3) is 2.88. The van der Waals surface area contributed by atoms with E-state index in [0.29, 0.717) is 0 Å². The summed E-state index contributed by atoms with van der Waals surface area (Å²) < 4.78 is 3.07. The first-order valence-electron chi connectivity index (χ1n) is 7.25. The van der Waals surface area contributed by atoms with Crippen molar-refractivity contribution in [1.29, 1.82) is 0 Å². The van der Waals surface area contributed by atoms with Crippen LogP contribution in [0.5, 0.6) is 0 Å². The van der Waals surface area contributed by atoms with Crippen molar-refractivity contribution in [3.05, 3.63) is 48.5 Å². The molecule has 1 fully saturated rings. The number of benzene rings is 1. The second kappa shape index (κ2) is 6.27. The lowest BCUT2D eigenvalue weighted by Crippen LogP contribution is -2.29. The first-order valence-corrected chi connectivity index (χ1v) is 10.5. The first kappa shape index (κ1) is 15.7. The maximum atomic E-state index is 12.9. The van der Waals surface area contributed by atoms with Gasteiger partial charge >= 0.3 is 0 Å². The molecule has 0 spiro atoms. The lowest BCUT2D eigenvalue weighted by molar-refractivity contribution is 0.0740. The van der Waals surface area contributed by atoms with Crippen molar-refractivity contribution in [2.75, 3.05) is 6.54 Å². The van der Waals surface area contributed by atoms with E-state index in [2.05, 4.69) is 37.9 Å². The summed E-state index contributed by atoms with van der Waals surface area (Å²) in [6.45, 7) is 0.798. The Morgan fingerprint density at radius 2 is 2.09 bits per heavy atom. The molecular weight excluding hydrogens is 460 g/mol. The summed E-state index contributed by atoms with van der Waals surface area (Å²) in [4.78, 5) is 20.4. The van der Waals surface area contributed by atoms with Gasteiger partial charge in [0.1, 0.15) is 5.01 Å². The highest BCUT2D eigenvalue weighted by Gasteiger charge is 2.33. The lowest BCUT2D eigenvalue weighted by atomic mass is 10.2. The van der Waals surface area contributed by atoms with Crippen molar-refractivity contribution >= 4 is 70.7 Å². The molecular formula is C16H12Br2N2OS2. The molecule has 3 aromatic rings. The summed E-state index contributed by atoms with van der Waals surface area (Å²) in [6.07, 6.45) is 2.01. The van der Waals surface area contributed by atoms with Gasteiger partial charge < -0.3 is 4.90 Å². The molecule has 7 heteroatoms. The van der Waals surface area contributed by atoms with Crippen molar-refractivity contribution in [2.24, 2.45) is 0 Å². The van der Waals surface area contributed by atoms with Crippen molar-refractivity contribution in [2.45, 2.75) is 18.9 Å². The number of fused-ring (bicyclic) bond motifs is 1. The average molecular weight is 472 g/mol. The van der Waals surface area contributed by atoms with Crippen molar-refractivity contribution in [3.8, 4) is 0 Å². The highest BCUT2D eigenvalue weighted by molar-refractivity contribution is 9.13. The van der Waals surface area contributed by atoms with Crippen LogP contribution in [0.4, 0.5) is 0 Å². The molecule has 1 unspecified atom stereocenters. The first-order chi connectivity index (χ1) is 11.1. The van der Waals surface area contributed by atoms with Crippen molar-refractivity contribution in [3.63, 3.8) is 0 Å². The van der Waals surface area contributed by atoms with Crippen LogP contribution in [0, 0.1) is 0 Å². The van der Waals surface area contributed by atoms with Crippen LogP contribution < -0.4 is 0 Å². The van der Waals surface area contributed by atoms with Gasteiger partial charge in [-0.05, 0) is 62.9 Å². The van der Waals surface area contributed by atoms with Crippen LogP contribution >= 0.6 is 54.5 Å². The largest absolute Gasteiger partial charge is 0.328 e. The van der Waals surface area contributed by atoms with Crippen LogP contribution in [0.2, 0.25) is 0 Å². The maximum absolute atomic E-state index is 12.9. The van der Waals surface area contributed by atoms with Crippen molar-refractivity contribution in [1.82, 2.24) is 9.88 Å². The number of carbonyl (C=O) groups is 1. The molecule has 0 radical (unpaired) electrons. The molecule has 0 saturated carbocycles. The van der Waals surface area contributed by atoms with Crippen LogP contribution in [0.1, 0.15) is 33.6 Å². The number of amides is 1. The molecule has 0 aliphatic carbocycles. The van der Waals surface area contributed by atoms with E-state index in [0.717, 1.165) is 43.0 Å². The zero-order valence-electron chi connectivity index (χ0n) is 12.0. The fourth-order valence-corrected chi connectivity index (χ4v) is 6.00. The number of thiophene rings is 1. The Morgan fingerprint density at radius 1 is 1.26 bits per heavy atom. The van der Waals surface area contributed by atoms with E-state index in [4.69, 9.17) is 4.98 Å². The zero-order chi connectivity index (χ0) is 16.0. The molecule has 3 nitrogen and oxygen atoms in total. The molecule has 0 bridgehead atoms. The summed E-state index contributed by atoms with van der Waals surface area (Å²) in [5.74, 6) is 0.100. The van der Waals surface area contributed by atoms with Gasteiger partial charge in [-0.1, -0.05) is 12.1 Å². The Kier molecular flexibility index (Phi) is 4.30. The standard InChI is InChI=1S/C16H12Br2N2OS2/c17-9-8-13(22-14(9)18)16(21)20-7-3-5-11(20)15-19-10-4-1-2-6-12(10)23-15/h1-2,4,6,8,11H,3,5,7H2. The summed E-state index contributed by atoms with van der Waals surface area (Å²) in [5.41, 5.74) is 1.02. The van der Waals surface area contributed by atoms with Crippen LogP contribution in [0.3, 0.4) is 0 Å². The number of halogens is 2. The number of para-hydroxylation sites is 1. The monoisotopic (exact) mass is 470 g/mol. The fourth-order valence-electron chi connectivity index (χ4n) is 2.89. The minimum atomic E-state index is 0.0968. The molecule has 2 aromatic heterocycles. The Morgan fingerprint density at radius 3 is 2.83 bits per heavy atom. The van der Waals surface area contributed by atoms with Gasteiger partial charge in [0.2, 0.25) is 0 Å². The Balaban J connectivity index is 1.67. The quantitative estimate of drug-likeness (QED) is 0.468. The van der Waals surface area contributed by atoms with Gasteiger partial charge in [0.25, 0.3) is 5.91 Å². The van der Waals surface area contributed by atoms with Crippen molar-refractivity contribution < 1.29 is 4.79 Å². The summed E-state index contributed by atoms with van der Waals surface area (Å²) in [5, 5.41) is 1.05. The fraction of sp³-hybridized carbons (Fsp3) is 0.250. The number of hydrogen-bond acceptors (Lipinski definition) is 4. The Bertz CT molecular complexity index is 837. The second-order valence-electron chi connectivity index (χ2n) is 5.41. The van der Waals surface area contributed by atoms with Gasteiger partial charge in [-0.25, -0.2) is 4.98 Å². The molecule has 118 valence electrons. The minimum Gasteiger partial charge on any atom is -0.328 e. The number of carbonyl (C=O) groups excluding carboxylic acids is 1. The number of hydrogen-bond donors (Lipinski definition) is 0. The number of thiazole rings is 1. The van der Waals surface area contributed by atoms with Crippen LogP contribution in [-0.2, 0) is 0 Å². The maximum Gasteiger partial charge on any atom is 0.264 e. The van der Waals surface area contributed by atoms with Gasteiger partial charge in [0.05, 0.1) is 24.9 Å². The number of likely N-dealkylation sites (tertiary alicyclic amines) is 1. The highest BCUT2D eigenvalue weighted by Crippen LogP contribution is 2.39. The van der Waals surface area contributed by atoms with Gasteiger partial charge in [0, 0.05) is 11.0 Å². The average Bonchev–Trinajstić information content (AvgIpc) is 3.24. The smallest absolute Gasteiger partial charge is 0.264 e. The van der Waals surface area contributed by atoms with E-state index in [9.17, 15) is 4.79 Å². The predicted molar refractivity (Wildman–Crippen MR) is 102 cm³/mol. The minimum absolute atomic E-state index is 0.0968. The van der Waals surface area contributed by atoms with Gasteiger partial charge in [-0.2, -0.15) is 0 Å². The lowest BCUT2D eigenvalue weighted by Gasteiger charge is -2.22. The van der Waals surface area contributed by atoms with Gasteiger partial charge in [-0.3, -0.25) is 4.79 Å². The number of nitrogens with zero attached hydrogens (tertiary/aromatic N) is 2. The van der Waals surface area contributed by atoms with Crippen LogP contribution in [-0.4, -0.2) is 22.3 Å². The summed E-state index contributed by atoms with van der Waals surface area (Å²) in [6, 6.07) is 10.1. The molecule has 1 aliphatic heterocycles. The third-order valence-electron chi connectivity index (χ3n) is 3.97. The topological polar surface area (TPSA) is 33.2 Å². The molecule has 23 heavy (non-hydrogen) atoms. The summed E-state index contributed by atoms with van der Waals surface area (Å²) in [7, 11) is 0. The SMILES string of the molecule is O=C(c1cc(Br)c(Br)s1)N1CCCC1c1nc2ccccc2s1. The zero-order valence-corrected chi connectivity index (χ0v) is 16.8. The summed E-state index contributed by atoms with van der Waals surface area (Å²) >= 11 is 10.1. The van der Waals surface area contributed by atoms with E-state index in [-0.39, 0.29) is 11.9 Å². The van der Waals surface area contributed by atoms with Gasteiger partial charge in [-0.15, -0.1) is 22.7 Å². The molecule has 0 N–H and O–H groups in total. The van der Waals surface area contributed by atoms with E-state index >= 15 is 0 Å². The molecule has 1 saturated heterocycles. The third-order valence-corrected chi connectivity index (χ3v) is 8.35. The van der Waals surface area contributed by atoms with Crippen LogP contribution in [0.25, 0.3) is 10.2 Å². The van der Waals surface area contributed by atoms with Gasteiger partial charge in [0.15, 0.2) is 0 Å². The molecule has 1 aromatic carbocycles. The number of rotatable bonds is 2. The molecule has 1 amide bonds. The predicted octanol–water partition coefficient (Wildman–Crippen LogP) is 5.86. The molecule has 4 rings (SSSR count). The molecule has 1 aliphatic rings. The van der Waals surface area contributed by atoms with E-state index in [1.807, 2.05) is 29.2 Å². The van der Waals surface area contributed by atoms with E-state index < -0.39 is 0 Å². The molecule has 3 heterocycles. The molecule has 1 atom stereocenters.